The summed E-state index contributed by atoms with van der Waals surface area (Å²) in [4.78, 5) is 19.7. The van der Waals surface area contributed by atoms with Crippen LogP contribution in [0.25, 0.3) is 21.3 Å². The van der Waals surface area contributed by atoms with Crippen molar-refractivity contribution in [3.8, 4) is 11.1 Å². The largest absolute Gasteiger partial charge is 0.478 e. The van der Waals surface area contributed by atoms with Crippen molar-refractivity contribution in [1.82, 2.24) is 9.97 Å². The number of benzene rings is 2. The molecule has 2 N–H and O–H groups in total. The predicted molar refractivity (Wildman–Crippen MR) is 112 cm³/mol. The third-order valence-electron chi connectivity index (χ3n) is 4.21. The highest BCUT2D eigenvalue weighted by Gasteiger charge is 2.08. The number of anilines is 1. The van der Waals surface area contributed by atoms with Crippen LogP contribution in [0.15, 0.2) is 72.1 Å². The number of para-hydroxylation sites is 1. The number of hydrogen-bond donors (Lipinski definition) is 2. The number of carbonyl (C=O) groups is 1. The Morgan fingerprint density at radius 1 is 1.04 bits per heavy atom. The van der Waals surface area contributed by atoms with Gasteiger partial charge in [0.05, 0.1) is 21.5 Å². The van der Waals surface area contributed by atoms with Gasteiger partial charge in [-0.25, -0.2) is 9.78 Å². The van der Waals surface area contributed by atoms with Gasteiger partial charge in [-0.1, -0.05) is 41.7 Å². The normalized spacial score (nSPS) is 11.5. The summed E-state index contributed by atoms with van der Waals surface area (Å²) in [6.07, 6.45) is 2.99. The van der Waals surface area contributed by atoms with Crippen LogP contribution < -0.4 is 5.43 Å². The summed E-state index contributed by atoms with van der Waals surface area (Å²) in [6, 6.07) is 17.3. The van der Waals surface area contributed by atoms with E-state index in [1.165, 1.54) is 6.20 Å². The summed E-state index contributed by atoms with van der Waals surface area (Å²) in [5.41, 5.74) is 7.46. The number of hydrazone groups is 1. The molecule has 0 fully saturated rings. The molecule has 0 atom stereocenters. The van der Waals surface area contributed by atoms with Gasteiger partial charge in [0, 0.05) is 18.0 Å². The number of carboxylic acids is 1. The molecule has 0 unspecified atom stereocenters. The third-order valence-corrected chi connectivity index (χ3v) is 5.15. The zero-order chi connectivity index (χ0) is 19.5. The second-order valence-corrected chi connectivity index (χ2v) is 7.17. The molecule has 2 aromatic carbocycles. The summed E-state index contributed by atoms with van der Waals surface area (Å²) in [6.45, 7) is 1.91. The lowest BCUT2D eigenvalue weighted by atomic mass is 10.0. The first-order valence-corrected chi connectivity index (χ1v) is 9.37. The highest BCUT2D eigenvalue weighted by atomic mass is 32.1. The summed E-state index contributed by atoms with van der Waals surface area (Å²) in [5, 5.41) is 14.3. The Morgan fingerprint density at radius 3 is 2.68 bits per heavy atom. The Morgan fingerprint density at radius 2 is 1.86 bits per heavy atom. The average molecular weight is 388 g/mol. The molecule has 7 heteroatoms. The first-order valence-electron chi connectivity index (χ1n) is 8.55. The molecule has 0 amide bonds. The van der Waals surface area contributed by atoms with Gasteiger partial charge in [0.25, 0.3) is 0 Å². The monoisotopic (exact) mass is 388 g/mol. The van der Waals surface area contributed by atoms with E-state index in [2.05, 4.69) is 20.5 Å². The molecule has 28 heavy (non-hydrogen) atoms. The fourth-order valence-electron chi connectivity index (χ4n) is 2.75. The molecule has 0 aliphatic heterocycles. The van der Waals surface area contributed by atoms with E-state index < -0.39 is 5.97 Å². The standard InChI is InChI=1S/C21H16N4O2S/c1-13(24-25-21-23-18-7-2-3-8-19(18)28-21)14-5-4-6-15(9-14)16-10-17(20(26)27)12-22-11-16/h2-12H,1H3,(H,23,25)(H,26,27)/b24-13+. The summed E-state index contributed by atoms with van der Waals surface area (Å²) >= 11 is 1.55. The van der Waals surface area contributed by atoms with Crippen molar-refractivity contribution in [3.63, 3.8) is 0 Å². The van der Waals surface area contributed by atoms with Crippen molar-refractivity contribution in [3.05, 3.63) is 78.1 Å². The minimum atomic E-state index is -0.997. The van der Waals surface area contributed by atoms with E-state index in [0.29, 0.717) is 0 Å². The number of nitrogens with one attached hydrogen (secondary N) is 1. The van der Waals surface area contributed by atoms with Gasteiger partial charge < -0.3 is 5.11 Å². The highest BCUT2D eigenvalue weighted by Crippen LogP contribution is 2.25. The maximum absolute atomic E-state index is 11.2. The zero-order valence-electron chi connectivity index (χ0n) is 15.0. The van der Waals surface area contributed by atoms with Crippen molar-refractivity contribution in [2.45, 2.75) is 6.92 Å². The van der Waals surface area contributed by atoms with E-state index in [9.17, 15) is 4.79 Å². The highest BCUT2D eigenvalue weighted by molar-refractivity contribution is 7.22. The Kier molecular flexibility index (Phi) is 4.82. The number of fused-ring (bicyclic) bond motifs is 1. The van der Waals surface area contributed by atoms with E-state index in [1.54, 1.807) is 23.6 Å². The molecule has 0 saturated carbocycles. The maximum atomic E-state index is 11.2. The lowest BCUT2D eigenvalue weighted by Crippen LogP contribution is -2.00. The van der Waals surface area contributed by atoms with Gasteiger partial charge in [0.1, 0.15) is 0 Å². The summed E-state index contributed by atoms with van der Waals surface area (Å²) in [7, 11) is 0. The van der Waals surface area contributed by atoms with Crippen LogP contribution in [0, 0.1) is 0 Å². The molecule has 0 bridgehead atoms. The number of pyridine rings is 1. The quantitative estimate of drug-likeness (QED) is 0.375. The number of aromatic nitrogens is 2. The number of nitrogens with zero attached hydrogens (tertiary/aromatic N) is 3. The van der Waals surface area contributed by atoms with E-state index in [-0.39, 0.29) is 5.56 Å². The van der Waals surface area contributed by atoms with E-state index in [4.69, 9.17) is 5.11 Å². The molecule has 4 rings (SSSR count). The molecular formula is C21H16N4O2S. The molecule has 138 valence electrons. The van der Waals surface area contributed by atoms with Crippen LogP contribution in [-0.4, -0.2) is 26.8 Å². The van der Waals surface area contributed by atoms with Crippen molar-refractivity contribution < 1.29 is 9.90 Å². The number of aromatic carboxylic acids is 1. The van der Waals surface area contributed by atoms with Gasteiger partial charge in [0.2, 0.25) is 5.13 Å². The van der Waals surface area contributed by atoms with Gasteiger partial charge in [0.15, 0.2) is 0 Å². The zero-order valence-corrected chi connectivity index (χ0v) is 15.8. The summed E-state index contributed by atoms with van der Waals surface area (Å²) < 4.78 is 1.10. The Labute approximate surface area is 165 Å². The average Bonchev–Trinajstić information content (AvgIpc) is 3.15. The first kappa shape index (κ1) is 17.8. The SMILES string of the molecule is C/C(=N\Nc1nc2ccccc2s1)c1cccc(-c2cncc(C(=O)O)c2)c1. The number of carboxylic acid groups (broad SMARTS) is 1. The number of hydrogen-bond acceptors (Lipinski definition) is 6. The number of rotatable bonds is 5. The number of thiazole rings is 1. The third kappa shape index (κ3) is 3.74. The van der Waals surface area contributed by atoms with Crippen molar-refractivity contribution in [1.29, 1.82) is 0 Å². The Bertz CT molecular complexity index is 1170. The molecule has 0 radical (unpaired) electrons. The van der Waals surface area contributed by atoms with Crippen molar-refractivity contribution in [2.24, 2.45) is 5.10 Å². The molecule has 0 aliphatic rings. The van der Waals surface area contributed by atoms with Crippen LogP contribution in [0.2, 0.25) is 0 Å². The van der Waals surface area contributed by atoms with Gasteiger partial charge in [-0.05, 0) is 42.3 Å². The van der Waals surface area contributed by atoms with Crippen molar-refractivity contribution >= 4 is 38.4 Å². The molecule has 0 spiro atoms. The second kappa shape index (κ2) is 7.58. The van der Waals surface area contributed by atoms with E-state index >= 15 is 0 Å². The van der Waals surface area contributed by atoms with Crippen LogP contribution in [0.4, 0.5) is 5.13 Å². The second-order valence-electron chi connectivity index (χ2n) is 6.14. The maximum Gasteiger partial charge on any atom is 0.337 e. The lowest BCUT2D eigenvalue weighted by Gasteiger charge is -2.06. The molecule has 4 aromatic rings. The molecule has 0 aliphatic carbocycles. The molecule has 6 nitrogen and oxygen atoms in total. The molecule has 2 aromatic heterocycles. The first-order chi connectivity index (χ1) is 13.6. The van der Waals surface area contributed by atoms with Crippen molar-refractivity contribution in [2.75, 3.05) is 5.43 Å². The minimum absolute atomic E-state index is 0.158. The smallest absolute Gasteiger partial charge is 0.337 e. The van der Waals surface area contributed by atoms with Crippen LogP contribution in [0.3, 0.4) is 0 Å². The van der Waals surface area contributed by atoms with Gasteiger partial charge in [-0.15, -0.1) is 0 Å². The van der Waals surface area contributed by atoms with E-state index in [0.717, 1.165) is 37.8 Å². The van der Waals surface area contributed by atoms with Crippen LogP contribution in [0.5, 0.6) is 0 Å². The van der Waals surface area contributed by atoms with E-state index in [1.807, 2.05) is 55.5 Å². The Hall–Kier alpha value is -3.58. The minimum Gasteiger partial charge on any atom is -0.478 e. The molecular weight excluding hydrogens is 372 g/mol. The molecule has 2 heterocycles. The van der Waals surface area contributed by atoms with Crippen LogP contribution in [0.1, 0.15) is 22.8 Å². The molecule has 0 saturated heterocycles. The van der Waals surface area contributed by atoms with Gasteiger partial charge in [-0.2, -0.15) is 5.10 Å². The summed E-state index contributed by atoms with van der Waals surface area (Å²) in [5.74, 6) is -0.997. The van der Waals surface area contributed by atoms with Crippen LogP contribution in [-0.2, 0) is 0 Å². The fourth-order valence-corrected chi connectivity index (χ4v) is 3.56. The predicted octanol–water partition coefficient (Wildman–Crippen LogP) is 4.89. The topological polar surface area (TPSA) is 87.5 Å². The fraction of sp³-hybridized carbons (Fsp3) is 0.0476. The van der Waals surface area contributed by atoms with Crippen LogP contribution >= 0.6 is 11.3 Å². The Balaban J connectivity index is 1.58. The van der Waals surface area contributed by atoms with Gasteiger partial charge in [-0.3, -0.25) is 10.4 Å². The lowest BCUT2D eigenvalue weighted by molar-refractivity contribution is 0.0696. The van der Waals surface area contributed by atoms with Gasteiger partial charge >= 0.3 is 5.97 Å².